The molecule has 0 aliphatic carbocycles. The first-order chi connectivity index (χ1) is 10.3. The second-order valence-corrected chi connectivity index (χ2v) is 6.11. The summed E-state index contributed by atoms with van der Waals surface area (Å²) in [6.45, 7) is 6.97. The van der Waals surface area contributed by atoms with Crippen LogP contribution in [0, 0.1) is 6.92 Å². The molecule has 1 aliphatic heterocycles. The van der Waals surface area contributed by atoms with Crippen LogP contribution in [0.4, 0.5) is 10.9 Å². The highest BCUT2D eigenvalue weighted by Gasteiger charge is 2.19. The smallest absolute Gasteiger partial charge is 0.185 e. The van der Waals surface area contributed by atoms with Gasteiger partial charge < -0.3 is 15.1 Å². The highest BCUT2D eigenvalue weighted by molar-refractivity contribution is 7.13. The minimum atomic E-state index is 0.872. The van der Waals surface area contributed by atoms with Crippen LogP contribution in [-0.4, -0.2) is 43.2 Å². The van der Waals surface area contributed by atoms with E-state index in [1.165, 1.54) is 5.56 Å². The molecule has 0 amide bonds. The van der Waals surface area contributed by atoms with Gasteiger partial charge in [-0.25, -0.2) is 9.97 Å². The minimum Gasteiger partial charge on any atom is -0.353 e. The lowest BCUT2D eigenvalue weighted by molar-refractivity contribution is 0.645. The molecule has 0 aromatic carbocycles. The molecule has 0 spiro atoms. The number of thiazole rings is 1. The number of rotatable bonds is 4. The van der Waals surface area contributed by atoms with Gasteiger partial charge in [-0.2, -0.15) is 0 Å². The second kappa shape index (κ2) is 6.41. The third kappa shape index (κ3) is 3.16. The molecule has 1 fully saturated rings. The molecule has 0 saturated carbocycles. The van der Waals surface area contributed by atoms with Crippen LogP contribution < -0.4 is 15.1 Å². The van der Waals surface area contributed by atoms with Gasteiger partial charge in [-0.15, -0.1) is 11.3 Å². The molecule has 112 valence electrons. The summed E-state index contributed by atoms with van der Waals surface area (Å²) < 4.78 is 0. The Morgan fingerprint density at radius 1 is 1.19 bits per heavy atom. The fourth-order valence-corrected chi connectivity index (χ4v) is 3.33. The molecule has 0 atom stereocenters. The molecule has 5 nitrogen and oxygen atoms in total. The molecule has 3 heterocycles. The van der Waals surface area contributed by atoms with Gasteiger partial charge >= 0.3 is 0 Å². The Hall–Kier alpha value is -1.66. The van der Waals surface area contributed by atoms with Gasteiger partial charge in [0, 0.05) is 50.0 Å². The predicted octanol–water partition coefficient (Wildman–Crippen LogP) is 1.89. The molecule has 0 unspecified atom stereocenters. The largest absolute Gasteiger partial charge is 0.353 e. The van der Waals surface area contributed by atoms with E-state index < -0.39 is 0 Å². The molecule has 21 heavy (non-hydrogen) atoms. The van der Waals surface area contributed by atoms with Crippen molar-refractivity contribution in [2.45, 2.75) is 13.5 Å². The van der Waals surface area contributed by atoms with E-state index in [1.807, 2.05) is 18.6 Å². The Bertz CT molecular complexity index is 576. The Kier molecular flexibility index (Phi) is 4.36. The average molecular weight is 303 g/mol. The summed E-state index contributed by atoms with van der Waals surface area (Å²) in [5.74, 6) is 1.09. The van der Waals surface area contributed by atoms with Gasteiger partial charge in [-0.1, -0.05) is 6.07 Å². The molecular weight excluding hydrogens is 282 g/mol. The van der Waals surface area contributed by atoms with E-state index in [-0.39, 0.29) is 0 Å². The predicted molar refractivity (Wildman–Crippen MR) is 88.3 cm³/mol. The van der Waals surface area contributed by atoms with Crippen LogP contribution in [0.1, 0.15) is 11.3 Å². The summed E-state index contributed by atoms with van der Waals surface area (Å²) in [6.07, 6.45) is 1.87. The zero-order chi connectivity index (χ0) is 14.7. The zero-order valence-electron chi connectivity index (χ0n) is 12.5. The van der Waals surface area contributed by atoms with Gasteiger partial charge in [-0.05, 0) is 25.6 Å². The molecule has 1 saturated heterocycles. The quantitative estimate of drug-likeness (QED) is 0.934. The van der Waals surface area contributed by atoms with Gasteiger partial charge in [0.25, 0.3) is 0 Å². The number of hydrogen-bond acceptors (Lipinski definition) is 6. The van der Waals surface area contributed by atoms with Crippen molar-refractivity contribution in [1.82, 2.24) is 15.3 Å². The Morgan fingerprint density at radius 2 is 1.95 bits per heavy atom. The Morgan fingerprint density at radius 3 is 2.57 bits per heavy atom. The van der Waals surface area contributed by atoms with Crippen molar-refractivity contribution < 1.29 is 0 Å². The van der Waals surface area contributed by atoms with E-state index in [9.17, 15) is 0 Å². The fourth-order valence-electron chi connectivity index (χ4n) is 2.63. The number of pyridine rings is 1. The van der Waals surface area contributed by atoms with Crippen molar-refractivity contribution in [2.75, 3.05) is 43.0 Å². The fraction of sp³-hybridized carbons (Fsp3) is 0.467. The molecule has 6 heteroatoms. The zero-order valence-corrected chi connectivity index (χ0v) is 13.4. The third-order valence-electron chi connectivity index (χ3n) is 3.84. The van der Waals surface area contributed by atoms with E-state index in [2.05, 4.69) is 39.2 Å². The standard InChI is InChI=1S/C15H21N5S/c1-12-13(11-16-2)3-4-14(18-12)19-6-8-20(9-7-19)15-17-5-10-21-15/h3-5,10,16H,6-9,11H2,1-2H3. The maximum atomic E-state index is 4.76. The number of aryl methyl sites for hydroxylation is 1. The van der Waals surface area contributed by atoms with Gasteiger partial charge in [0.2, 0.25) is 0 Å². The van der Waals surface area contributed by atoms with Crippen molar-refractivity contribution in [2.24, 2.45) is 0 Å². The second-order valence-electron chi connectivity index (χ2n) is 5.23. The van der Waals surface area contributed by atoms with Crippen molar-refractivity contribution in [3.63, 3.8) is 0 Å². The lowest BCUT2D eigenvalue weighted by Gasteiger charge is -2.35. The van der Waals surface area contributed by atoms with Crippen LogP contribution in [0.3, 0.4) is 0 Å². The van der Waals surface area contributed by atoms with Gasteiger partial charge in [0.1, 0.15) is 5.82 Å². The van der Waals surface area contributed by atoms with Crippen LogP contribution in [-0.2, 0) is 6.54 Å². The van der Waals surface area contributed by atoms with E-state index >= 15 is 0 Å². The molecule has 0 bridgehead atoms. The highest BCUT2D eigenvalue weighted by Crippen LogP contribution is 2.21. The van der Waals surface area contributed by atoms with Gasteiger partial charge in [-0.3, -0.25) is 0 Å². The Labute approximate surface area is 129 Å². The lowest BCUT2D eigenvalue weighted by Crippen LogP contribution is -2.46. The van der Waals surface area contributed by atoms with E-state index in [1.54, 1.807) is 11.3 Å². The summed E-state index contributed by atoms with van der Waals surface area (Å²) in [5, 5.41) is 6.34. The summed E-state index contributed by atoms with van der Waals surface area (Å²) in [5.41, 5.74) is 2.38. The molecule has 3 rings (SSSR count). The first-order valence-electron chi connectivity index (χ1n) is 7.28. The van der Waals surface area contributed by atoms with Crippen LogP contribution in [0.5, 0.6) is 0 Å². The summed E-state index contributed by atoms with van der Waals surface area (Å²) in [6, 6.07) is 4.32. The normalized spacial score (nSPS) is 15.5. The third-order valence-corrected chi connectivity index (χ3v) is 4.67. The van der Waals surface area contributed by atoms with Gasteiger partial charge in [0.05, 0.1) is 0 Å². The van der Waals surface area contributed by atoms with Crippen molar-refractivity contribution in [1.29, 1.82) is 0 Å². The maximum Gasteiger partial charge on any atom is 0.185 e. The number of anilines is 2. The van der Waals surface area contributed by atoms with Crippen LogP contribution in [0.15, 0.2) is 23.7 Å². The number of piperazine rings is 1. The first-order valence-corrected chi connectivity index (χ1v) is 8.16. The topological polar surface area (TPSA) is 44.3 Å². The number of aromatic nitrogens is 2. The molecule has 1 aliphatic rings. The molecule has 2 aromatic heterocycles. The molecule has 1 N–H and O–H groups in total. The van der Waals surface area contributed by atoms with Crippen LogP contribution in [0.25, 0.3) is 0 Å². The number of nitrogens with one attached hydrogen (secondary N) is 1. The minimum absolute atomic E-state index is 0.872. The summed E-state index contributed by atoms with van der Waals surface area (Å²) >= 11 is 1.71. The molecule has 0 radical (unpaired) electrons. The number of nitrogens with zero attached hydrogens (tertiary/aromatic N) is 4. The highest BCUT2D eigenvalue weighted by atomic mass is 32.1. The first kappa shape index (κ1) is 14.3. The van der Waals surface area contributed by atoms with Crippen LogP contribution in [0.2, 0.25) is 0 Å². The number of hydrogen-bond donors (Lipinski definition) is 1. The SMILES string of the molecule is CNCc1ccc(N2CCN(c3nccs3)CC2)nc1C. The Balaban J connectivity index is 1.65. The van der Waals surface area contributed by atoms with E-state index in [0.717, 1.165) is 49.4 Å². The van der Waals surface area contributed by atoms with Crippen molar-refractivity contribution >= 4 is 22.3 Å². The van der Waals surface area contributed by atoms with Gasteiger partial charge in [0.15, 0.2) is 5.13 Å². The van der Waals surface area contributed by atoms with Crippen LogP contribution >= 0.6 is 11.3 Å². The van der Waals surface area contributed by atoms with Crippen molar-refractivity contribution in [3.8, 4) is 0 Å². The summed E-state index contributed by atoms with van der Waals surface area (Å²) in [4.78, 5) is 13.9. The maximum absolute atomic E-state index is 4.76. The molecular formula is C15H21N5S. The van der Waals surface area contributed by atoms with E-state index in [4.69, 9.17) is 4.98 Å². The average Bonchev–Trinajstić information content (AvgIpc) is 3.04. The van der Waals surface area contributed by atoms with E-state index in [0.29, 0.717) is 0 Å². The van der Waals surface area contributed by atoms with Crippen molar-refractivity contribution in [3.05, 3.63) is 35.0 Å². The lowest BCUT2D eigenvalue weighted by atomic mass is 10.2. The summed E-state index contributed by atoms with van der Waals surface area (Å²) in [7, 11) is 1.96. The molecule has 2 aromatic rings. The monoisotopic (exact) mass is 303 g/mol.